The highest BCUT2D eigenvalue weighted by Crippen LogP contribution is 2.29. The van der Waals surface area contributed by atoms with Crippen molar-refractivity contribution >= 4 is 24.0 Å². The number of hydrazine groups is 1. The van der Waals surface area contributed by atoms with Crippen LogP contribution in [0.2, 0.25) is 0 Å². The Kier molecular flexibility index (Phi) is 7.69. The molecule has 178 valence electrons. The predicted octanol–water partition coefficient (Wildman–Crippen LogP) is 4.20. The van der Waals surface area contributed by atoms with E-state index in [2.05, 4.69) is 21.0 Å². The first-order chi connectivity index (χ1) is 17.0. The zero-order chi connectivity index (χ0) is 24.6. The average molecular weight is 488 g/mol. The summed E-state index contributed by atoms with van der Waals surface area (Å²) < 4.78 is 7.87. The normalized spacial score (nSPS) is 10.5. The van der Waals surface area contributed by atoms with Gasteiger partial charge in [-0.2, -0.15) is 5.10 Å². The Balaban J connectivity index is 1.28. The van der Waals surface area contributed by atoms with Crippen LogP contribution in [0.5, 0.6) is 5.75 Å². The molecule has 0 atom stereocenters. The number of rotatable bonds is 8. The highest BCUT2D eigenvalue weighted by molar-refractivity contribution is 7.71. The molecule has 0 radical (unpaired) electrons. The molecule has 0 aliphatic rings. The summed E-state index contributed by atoms with van der Waals surface area (Å²) in [5.74, 6) is 0.401. The summed E-state index contributed by atoms with van der Waals surface area (Å²) in [4.78, 5) is 24.5. The van der Waals surface area contributed by atoms with Gasteiger partial charge in [0.05, 0.1) is 0 Å². The molecule has 0 unspecified atom stereocenters. The van der Waals surface area contributed by atoms with E-state index in [0.717, 1.165) is 22.3 Å². The number of para-hydroxylation sites is 1. The summed E-state index contributed by atoms with van der Waals surface area (Å²) in [6.45, 7) is 2.07. The number of nitrogens with zero attached hydrogens (tertiary/aromatic N) is 2. The molecule has 3 N–H and O–H groups in total. The van der Waals surface area contributed by atoms with Gasteiger partial charge in [0.2, 0.25) is 5.91 Å². The predicted molar refractivity (Wildman–Crippen MR) is 136 cm³/mol. The first-order valence-corrected chi connectivity index (χ1v) is 11.5. The average Bonchev–Trinajstić information content (AvgIpc) is 3.26. The molecule has 0 aliphatic carbocycles. The van der Waals surface area contributed by atoms with Gasteiger partial charge in [-0.15, -0.1) is 0 Å². The van der Waals surface area contributed by atoms with Crippen LogP contribution in [0.3, 0.4) is 0 Å². The van der Waals surface area contributed by atoms with Crippen molar-refractivity contribution in [3.63, 3.8) is 0 Å². The van der Waals surface area contributed by atoms with E-state index in [9.17, 15) is 9.59 Å². The molecule has 9 heteroatoms. The number of carbonyl (C=O) groups is 2. The zero-order valence-electron chi connectivity index (χ0n) is 19.2. The van der Waals surface area contributed by atoms with Crippen LogP contribution in [-0.4, -0.2) is 33.2 Å². The highest BCUT2D eigenvalue weighted by Gasteiger charge is 2.12. The summed E-state index contributed by atoms with van der Waals surface area (Å²) in [6.07, 6.45) is 0.102. The van der Waals surface area contributed by atoms with E-state index in [1.807, 2.05) is 79.7 Å². The fourth-order valence-corrected chi connectivity index (χ4v) is 3.71. The van der Waals surface area contributed by atoms with Crippen LogP contribution in [0.4, 0.5) is 0 Å². The van der Waals surface area contributed by atoms with E-state index in [1.165, 1.54) is 0 Å². The Morgan fingerprint density at radius 1 is 0.914 bits per heavy atom. The largest absolute Gasteiger partial charge is 0.483 e. The molecule has 4 rings (SSSR count). The van der Waals surface area contributed by atoms with E-state index in [0.29, 0.717) is 22.9 Å². The number of amides is 2. The van der Waals surface area contributed by atoms with Gasteiger partial charge in [0, 0.05) is 24.1 Å². The van der Waals surface area contributed by atoms with Crippen LogP contribution in [0.25, 0.3) is 22.5 Å². The molecule has 2 amide bonds. The van der Waals surface area contributed by atoms with Gasteiger partial charge in [-0.3, -0.25) is 30.1 Å². The van der Waals surface area contributed by atoms with E-state index in [1.54, 1.807) is 10.6 Å². The number of hydrogen-bond acceptors (Lipinski definition) is 5. The number of hydrogen-bond donors (Lipinski definition) is 3. The third kappa shape index (κ3) is 6.21. The van der Waals surface area contributed by atoms with E-state index in [4.69, 9.17) is 17.0 Å². The van der Waals surface area contributed by atoms with Crippen LogP contribution >= 0.6 is 12.2 Å². The molecule has 0 saturated carbocycles. The number of aromatic amines is 1. The number of ether oxygens (including phenoxy) is 1. The van der Waals surface area contributed by atoms with Gasteiger partial charge >= 0.3 is 0 Å². The van der Waals surface area contributed by atoms with E-state index in [-0.39, 0.29) is 18.9 Å². The third-order valence-corrected chi connectivity index (χ3v) is 5.61. The quantitative estimate of drug-likeness (QED) is 0.255. The maximum absolute atomic E-state index is 12.3. The Bertz CT molecular complexity index is 1360. The van der Waals surface area contributed by atoms with Crippen molar-refractivity contribution in [2.75, 3.05) is 6.61 Å². The SMILES string of the molecule is Cc1ccc(-c2n[nH]c(=S)n2CCC(=O)NNC(=O)COc2ccccc2-c2ccccc2)cc1. The summed E-state index contributed by atoms with van der Waals surface area (Å²) in [5, 5.41) is 7.05. The molecule has 0 bridgehead atoms. The standard InChI is InChI=1S/C26H25N5O3S/c1-18-11-13-20(14-12-18)25-29-30-26(35)31(25)16-15-23(32)27-28-24(33)17-34-22-10-6-5-9-21(22)19-7-3-2-4-8-19/h2-14H,15-17H2,1H3,(H,27,32)(H,28,33)(H,30,35). The van der Waals surface area contributed by atoms with Crippen molar-refractivity contribution in [1.82, 2.24) is 25.6 Å². The molecule has 3 aromatic carbocycles. The fourth-order valence-electron chi connectivity index (χ4n) is 3.49. The molecule has 0 saturated heterocycles. The van der Waals surface area contributed by atoms with Crippen LogP contribution in [0.1, 0.15) is 12.0 Å². The van der Waals surface area contributed by atoms with Crippen LogP contribution in [0.15, 0.2) is 78.9 Å². The Morgan fingerprint density at radius 2 is 1.60 bits per heavy atom. The number of carbonyl (C=O) groups excluding carboxylic acids is 2. The number of aryl methyl sites for hydroxylation is 1. The van der Waals surface area contributed by atoms with Crippen LogP contribution in [-0.2, 0) is 16.1 Å². The number of aromatic nitrogens is 3. The number of H-pyrrole nitrogens is 1. The first kappa shape index (κ1) is 23.9. The van der Waals surface area contributed by atoms with Crippen molar-refractivity contribution in [2.45, 2.75) is 19.9 Å². The lowest BCUT2D eigenvalue weighted by Gasteiger charge is -2.12. The van der Waals surface area contributed by atoms with Crippen molar-refractivity contribution in [2.24, 2.45) is 0 Å². The summed E-state index contributed by atoms with van der Waals surface area (Å²) in [5.41, 5.74) is 8.70. The molecule has 4 aromatic rings. The molecular formula is C26H25N5O3S. The van der Waals surface area contributed by atoms with Gasteiger partial charge in [0.1, 0.15) is 5.75 Å². The molecule has 35 heavy (non-hydrogen) atoms. The van der Waals surface area contributed by atoms with Gasteiger partial charge < -0.3 is 4.74 Å². The molecule has 0 fully saturated rings. The number of benzene rings is 3. The lowest BCUT2D eigenvalue weighted by Crippen LogP contribution is -2.44. The summed E-state index contributed by atoms with van der Waals surface area (Å²) in [7, 11) is 0. The fraction of sp³-hybridized carbons (Fsp3) is 0.154. The van der Waals surface area contributed by atoms with Crippen LogP contribution in [0, 0.1) is 11.7 Å². The molecule has 1 aromatic heterocycles. The minimum Gasteiger partial charge on any atom is -0.483 e. The van der Waals surface area contributed by atoms with Crippen molar-refractivity contribution in [3.05, 3.63) is 89.2 Å². The van der Waals surface area contributed by atoms with E-state index >= 15 is 0 Å². The van der Waals surface area contributed by atoms with Gasteiger partial charge in [0.15, 0.2) is 17.2 Å². The lowest BCUT2D eigenvalue weighted by molar-refractivity contribution is -0.130. The Labute approximate surface area is 207 Å². The molecule has 1 heterocycles. The molecular weight excluding hydrogens is 462 g/mol. The van der Waals surface area contributed by atoms with Crippen molar-refractivity contribution in [3.8, 4) is 28.3 Å². The summed E-state index contributed by atoms with van der Waals surface area (Å²) in [6, 6.07) is 25.1. The lowest BCUT2D eigenvalue weighted by atomic mass is 10.1. The van der Waals surface area contributed by atoms with Crippen LogP contribution < -0.4 is 15.6 Å². The Morgan fingerprint density at radius 3 is 2.37 bits per heavy atom. The minimum absolute atomic E-state index is 0.102. The van der Waals surface area contributed by atoms with Gasteiger partial charge in [0.25, 0.3) is 5.91 Å². The molecule has 0 spiro atoms. The van der Waals surface area contributed by atoms with E-state index < -0.39 is 5.91 Å². The number of nitrogens with one attached hydrogen (secondary N) is 3. The first-order valence-electron chi connectivity index (χ1n) is 11.1. The van der Waals surface area contributed by atoms with Gasteiger partial charge in [-0.05, 0) is 30.8 Å². The zero-order valence-corrected chi connectivity index (χ0v) is 20.0. The maximum atomic E-state index is 12.3. The molecule has 0 aliphatic heterocycles. The molecule has 8 nitrogen and oxygen atoms in total. The topological polar surface area (TPSA) is 101 Å². The van der Waals surface area contributed by atoms with Gasteiger partial charge in [-0.1, -0.05) is 78.4 Å². The third-order valence-electron chi connectivity index (χ3n) is 5.30. The highest BCUT2D eigenvalue weighted by atomic mass is 32.1. The van der Waals surface area contributed by atoms with Gasteiger partial charge in [-0.25, -0.2) is 0 Å². The Hall–Kier alpha value is -4.24. The second-order valence-corrected chi connectivity index (χ2v) is 8.25. The second-order valence-electron chi connectivity index (χ2n) is 7.87. The minimum atomic E-state index is -0.471. The monoisotopic (exact) mass is 487 g/mol. The smallest absolute Gasteiger partial charge is 0.276 e. The van der Waals surface area contributed by atoms with Crippen molar-refractivity contribution < 1.29 is 14.3 Å². The van der Waals surface area contributed by atoms with Crippen molar-refractivity contribution in [1.29, 1.82) is 0 Å². The maximum Gasteiger partial charge on any atom is 0.276 e. The summed E-state index contributed by atoms with van der Waals surface area (Å²) >= 11 is 5.31. The second kappa shape index (κ2) is 11.3.